The van der Waals surface area contributed by atoms with Crippen LogP contribution in [-0.2, 0) is 14.8 Å². The summed E-state index contributed by atoms with van der Waals surface area (Å²) in [6.45, 7) is 4.58. The largest absolute Gasteiger partial charge is 0.342 e. The lowest BCUT2D eigenvalue weighted by Crippen LogP contribution is -2.52. The summed E-state index contributed by atoms with van der Waals surface area (Å²) in [5.74, 6) is 0.0659. The zero-order valence-corrected chi connectivity index (χ0v) is 17.1. The van der Waals surface area contributed by atoms with Crippen molar-refractivity contribution >= 4 is 21.8 Å². The first-order chi connectivity index (χ1) is 13.4. The number of nitrogens with zero attached hydrogens (tertiary/aromatic N) is 3. The number of sulfonamides is 1. The lowest BCUT2D eigenvalue weighted by molar-refractivity contribution is -0.133. The van der Waals surface area contributed by atoms with Crippen LogP contribution >= 0.6 is 0 Å². The minimum absolute atomic E-state index is 0.115. The average molecular weight is 409 g/mol. The number of hydrogen-bond acceptors (Lipinski definition) is 5. The van der Waals surface area contributed by atoms with Crippen LogP contribution < -0.4 is 4.72 Å². The number of benzene rings is 1. The van der Waals surface area contributed by atoms with Gasteiger partial charge in [-0.25, -0.2) is 13.1 Å². The third kappa shape index (κ3) is 4.89. The molecule has 0 aliphatic carbocycles. The van der Waals surface area contributed by atoms with E-state index < -0.39 is 10.0 Å². The highest BCUT2D eigenvalue weighted by Gasteiger charge is 2.25. The van der Waals surface area contributed by atoms with Crippen LogP contribution in [0.4, 0.5) is 0 Å². The summed E-state index contributed by atoms with van der Waals surface area (Å²) in [5.41, 5.74) is 0.466. The predicted octanol–water partition coefficient (Wildman–Crippen LogP) is 0.365. The van der Waals surface area contributed by atoms with E-state index >= 15 is 0 Å². The SMILES string of the molecule is CNS(=O)(=O)c1ccc(C(=O)N2CCN(CC(=O)N3CCCCC3)CC2)cc1. The van der Waals surface area contributed by atoms with Crippen molar-refractivity contribution in [2.24, 2.45) is 0 Å². The number of amides is 2. The fraction of sp³-hybridized carbons (Fsp3) is 0.579. The summed E-state index contributed by atoms with van der Waals surface area (Å²) in [6.07, 6.45) is 3.37. The lowest BCUT2D eigenvalue weighted by Gasteiger charge is -2.36. The van der Waals surface area contributed by atoms with E-state index in [9.17, 15) is 18.0 Å². The van der Waals surface area contributed by atoms with Gasteiger partial charge in [-0.2, -0.15) is 0 Å². The number of piperidine rings is 1. The molecule has 8 nitrogen and oxygen atoms in total. The Kier molecular flexibility index (Phi) is 6.69. The summed E-state index contributed by atoms with van der Waals surface area (Å²) in [7, 11) is -2.16. The molecule has 3 rings (SSSR count). The van der Waals surface area contributed by atoms with Crippen LogP contribution in [0.5, 0.6) is 0 Å². The van der Waals surface area contributed by atoms with Crippen molar-refractivity contribution in [2.75, 3.05) is 52.9 Å². The van der Waals surface area contributed by atoms with Crippen molar-refractivity contribution < 1.29 is 18.0 Å². The number of nitrogens with one attached hydrogen (secondary N) is 1. The molecule has 2 aliphatic rings. The van der Waals surface area contributed by atoms with Gasteiger partial charge in [0.05, 0.1) is 11.4 Å². The first-order valence-corrected chi connectivity index (χ1v) is 11.2. The minimum atomic E-state index is -3.51. The van der Waals surface area contributed by atoms with Gasteiger partial charge in [-0.05, 0) is 50.6 Å². The lowest BCUT2D eigenvalue weighted by atomic mass is 10.1. The Balaban J connectivity index is 1.51. The van der Waals surface area contributed by atoms with Crippen LogP contribution in [-0.4, -0.2) is 87.8 Å². The van der Waals surface area contributed by atoms with Gasteiger partial charge >= 0.3 is 0 Å². The highest BCUT2D eigenvalue weighted by molar-refractivity contribution is 7.89. The first-order valence-electron chi connectivity index (χ1n) is 9.74. The molecule has 2 aliphatic heterocycles. The molecule has 2 saturated heterocycles. The predicted molar refractivity (Wildman–Crippen MR) is 105 cm³/mol. The van der Waals surface area contributed by atoms with Crippen molar-refractivity contribution in [3.05, 3.63) is 29.8 Å². The van der Waals surface area contributed by atoms with Crippen LogP contribution in [0.3, 0.4) is 0 Å². The minimum Gasteiger partial charge on any atom is -0.342 e. The van der Waals surface area contributed by atoms with Gasteiger partial charge in [0.1, 0.15) is 0 Å². The Morgan fingerprint density at radius 2 is 1.50 bits per heavy atom. The molecular formula is C19H28N4O4S. The standard InChI is InChI=1S/C19H28N4O4S/c1-20-28(26,27)17-7-5-16(6-8-17)19(25)23-13-11-21(12-14-23)15-18(24)22-9-3-2-4-10-22/h5-8,20H,2-4,9-15H2,1H3. The quantitative estimate of drug-likeness (QED) is 0.760. The molecule has 0 radical (unpaired) electrons. The molecule has 1 N–H and O–H groups in total. The van der Waals surface area contributed by atoms with E-state index in [1.54, 1.807) is 17.0 Å². The molecule has 2 heterocycles. The highest BCUT2D eigenvalue weighted by atomic mass is 32.2. The fourth-order valence-electron chi connectivity index (χ4n) is 3.62. The van der Waals surface area contributed by atoms with E-state index in [-0.39, 0.29) is 16.7 Å². The third-order valence-electron chi connectivity index (χ3n) is 5.41. The van der Waals surface area contributed by atoms with Crippen LogP contribution in [0.25, 0.3) is 0 Å². The Morgan fingerprint density at radius 1 is 0.893 bits per heavy atom. The van der Waals surface area contributed by atoms with Gasteiger partial charge < -0.3 is 9.80 Å². The Labute approximate surface area is 166 Å². The van der Waals surface area contributed by atoms with Gasteiger partial charge in [0.25, 0.3) is 5.91 Å². The molecule has 9 heteroatoms. The van der Waals surface area contributed by atoms with Crippen molar-refractivity contribution in [3.8, 4) is 0 Å². The van der Waals surface area contributed by atoms with E-state index in [2.05, 4.69) is 9.62 Å². The Hall–Kier alpha value is -1.97. The Bertz CT molecular complexity index is 796. The molecule has 0 unspecified atom stereocenters. The van der Waals surface area contributed by atoms with Crippen LogP contribution in [0.1, 0.15) is 29.6 Å². The molecule has 0 spiro atoms. The topological polar surface area (TPSA) is 90.0 Å². The van der Waals surface area contributed by atoms with Gasteiger partial charge in [0.15, 0.2) is 0 Å². The van der Waals surface area contributed by atoms with E-state index in [1.807, 2.05) is 4.90 Å². The van der Waals surface area contributed by atoms with Gasteiger partial charge in [-0.1, -0.05) is 0 Å². The molecule has 28 heavy (non-hydrogen) atoms. The molecule has 0 saturated carbocycles. The molecule has 1 aromatic rings. The summed E-state index contributed by atoms with van der Waals surface area (Å²) in [4.78, 5) is 31.0. The molecule has 0 aromatic heterocycles. The molecule has 154 valence electrons. The summed E-state index contributed by atoms with van der Waals surface area (Å²) in [5, 5.41) is 0. The highest BCUT2D eigenvalue weighted by Crippen LogP contribution is 2.14. The molecule has 0 bridgehead atoms. The van der Waals surface area contributed by atoms with Crippen molar-refractivity contribution in [2.45, 2.75) is 24.2 Å². The van der Waals surface area contributed by atoms with E-state index in [0.29, 0.717) is 38.3 Å². The van der Waals surface area contributed by atoms with Crippen LogP contribution in [0.2, 0.25) is 0 Å². The number of hydrogen-bond donors (Lipinski definition) is 1. The second-order valence-electron chi connectivity index (χ2n) is 7.24. The van der Waals surface area contributed by atoms with Crippen LogP contribution in [0, 0.1) is 0 Å². The number of carbonyl (C=O) groups excluding carboxylic acids is 2. The maximum absolute atomic E-state index is 12.7. The zero-order chi connectivity index (χ0) is 20.1. The van der Waals surface area contributed by atoms with Crippen molar-refractivity contribution in [3.63, 3.8) is 0 Å². The maximum atomic E-state index is 12.7. The van der Waals surface area contributed by atoms with Gasteiger partial charge in [0.2, 0.25) is 15.9 Å². The first kappa shape index (κ1) is 20.8. The second kappa shape index (κ2) is 9.02. The molecule has 1 aromatic carbocycles. The Morgan fingerprint density at radius 3 is 2.07 bits per heavy atom. The number of piperazine rings is 1. The summed E-state index contributed by atoms with van der Waals surface area (Å²) < 4.78 is 25.8. The zero-order valence-electron chi connectivity index (χ0n) is 16.3. The number of rotatable bonds is 5. The average Bonchev–Trinajstić information content (AvgIpc) is 2.74. The number of likely N-dealkylation sites (tertiary alicyclic amines) is 1. The summed E-state index contributed by atoms with van der Waals surface area (Å²) >= 11 is 0. The maximum Gasteiger partial charge on any atom is 0.253 e. The summed E-state index contributed by atoms with van der Waals surface area (Å²) in [6, 6.07) is 5.96. The number of carbonyl (C=O) groups is 2. The fourth-order valence-corrected chi connectivity index (χ4v) is 4.35. The van der Waals surface area contributed by atoms with Gasteiger partial charge in [-0.15, -0.1) is 0 Å². The molecule has 0 atom stereocenters. The normalized spacial score (nSPS) is 18.9. The third-order valence-corrected chi connectivity index (χ3v) is 6.84. The van der Waals surface area contributed by atoms with E-state index in [0.717, 1.165) is 25.9 Å². The second-order valence-corrected chi connectivity index (χ2v) is 9.13. The van der Waals surface area contributed by atoms with Crippen molar-refractivity contribution in [1.29, 1.82) is 0 Å². The van der Waals surface area contributed by atoms with Crippen molar-refractivity contribution in [1.82, 2.24) is 19.4 Å². The van der Waals surface area contributed by atoms with Gasteiger partial charge in [-0.3, -0.25) is 14.5 Å². The van der Waals surface area contributed by atoms with E-state index in [1.165, 1.54) is 25.6 Å². The smallest absolute Gasteiger partial charge is 0.253 e. The molecule has 2 fully saturated rings. The molecule has 2 amide bonds. The molecular weight excluding hydrogens is 380 g/mol. The van der Waals surface area contributed by atoms with Crippen LogP contribution in [0.15, 0.2) is 29.2 Å². The van der Waals surface area contributed by atoms with Gasteiger partial charge in [0, 0.05) is 44.8 Å². The van der Waals surface area contributed by atoms with E-state index in [4.69, 9.17) is 0 Å². The monoisotopic (exact) mass is 408 g/mol.